The minimum absolute atomic E-state index is 0.0825. The molecule has 4 nitrogen and oxygen atoms in total. The second-order valence-corrected chi connectivity index (χ2v) is 5.49. The van der Waals surface area contributed by atoms with E-state index in [4.69, 9.17) is 4.74 Å². The number of carbonyl (C=O) groups excluding carboxylic acids is 1. The Bertz CT molecular complexity index is 445. The van der Waals surface area contributed by atoms with Gasteiger partial charge in [0, 0.05) is 20.1 Å². The van der Waals surface area contributed by atoms with Gasteiger partial charge in [-0.3, -0.25) is 9.69 Å². The largest absolute Gasteiger partial charge is 0.490 e. The third-order valence-electron chi connectivity index (χ3n) is 3.87. The molecule has 1 heterocycles. The summed E-state index contributed by atoms with van der Waals surface area (Å²) in [5.41, 5.74) is 2.38. The molecule has 0 radical (unpaired) electrons. The summed E-state index contributed by atoms with van der Waals surface area (Å²) >= 11 is 0. The van der Waals surface area contributed by atoms with E-state index < -0.39 is 0 Å². The zero-order valence-corrected chi connectivity index (χ0v) is 12.6. The molecule has 1 saturated heterocycles. The number of para-hydroxylation sites is 1. The Morgan fingerprint density at radius 2 is 1.90 bits per heavy atom. The third kappa shape index (κ3) is 3.73. The van der Waals surface area contributed by atoms with Gasteiger partial charge >= 0.3 is 0 Å². The molecule has 1 N–H and O–H groups in total. The highest BCUT2D eigenvalue weighted by molar-refractivity contribution is 5.77. The summed E-state index contributed by atoms with van der Waals surface area (Å²) in [4.78, 5) is 13.5. The highest BCUT2D eigenvalue weighted by Gasteiger charge is 2.22. The van der Waals surface area contributed by atoms with E-state index in [-0.39, 0.29) is 12.0 Å². The maximum atomic E-state index is 11.4. The monoisotopic (exact) mass is 276 g/mol. The number of carbonyl (C=O) groups is 1. The molecule has 0 saturated carbocycles. The normalized spacial score (nSPS) is 16.9. The van der Waals surface area contributed by atoms with Crippen LogP contribution in [0.2, 0.25) is 0 Å². The Morgan fingerprint density at radius 3 is 2.45 bits per heavy atom. The van der Waals surface area contributed by atoms with Gasteiger partial charge in [-0.1, -0.05) is 18.2 Å². The van der Waals surface area contributed by atoms with E-state index in [0.717, 1.165) is 31.7 Å². The van der Waals surface area contributed by atoms with Gasteiger partial charge in [-0.25, -0.2) is 0 Å². The average Bonchev–Trinajstić information content (AvgIpc) is 2.44. The lowest BCUT2D eigenvalue weighted by Gasteiger charge is -2.32. The quantitative estimate of drug-likeness (QED) is 0.913. The van der Waals surface area contributed by atoms with Gasteiger partial charge < -0.3 is 10.1 Å². The number of piperidine rings is 1. The molecule has 2 rings (SSSR count). The number of nitrogens with zero attached hydrogens (tertiary/aromatic N) is 1. The van der Waals surface area contributed by atoms with Crippen molar-refractivity contribution in [3.63, 3.8) is 0 Å². The molecule has 1 aliphatic heterocycles. The van der Waals surface area contributed by atoms with Crippen molar-refractivity contribution in [3.8, 4) is 5.75 Å². The summed E-state index contributed by atoms with van der Waals surface area (Å²) in [5, 5.41) is 2.67. The smallest absolute Gasteiger partial charge is 0.233 e. The molecule has 0 unspecified atom stereocenters. The molecule has 1 aliphatic rings. The second-order valence-electron chi connectivity index (χ2n) is 5.49. The Labute approximate surface area is 121 Å². The summed E-state index contributed by atoms with van der Waals surface area (Å²) in [6, 6.07) is 6.23. The van der Waals surface area contributed by atoms with Gasteiger partial charge in [-0.2, -0.15) is 0 Å². The fourth-order valence-electron chi connectivity index (χ4n) is 2.62. The fraction of sp³-hybridized carbons (Fsp3) is 0.562. The van der Waals surface area contributed by atoms with E-state index in [1.807, 2.05) is 0 Å². The van der Waals surface area contributed by atoms with Crippen LogP contribution >= 0.6 is 0 Å². The van der Waals surface area contributed by atoms with Crippen LogP contribution in [0.25, 0.3) is 0 Å². The number of rotatable bonds is 4. The molecule has 1 aromatic rings. The summed E-state index contributed by atoms with van der Waals surface area (Å²) < 4.78 is 6.17. The van der Waals surface area contributed by atoms with Crippen molar-refractivity contribution in [2.75, 3.05) is 26.7 Å². The molecule has 0 bridgehead atoms. The first kappa shape index (κ1) is 14.9. The Kier molecular flexibility index (Phi) is 5.01. The van der Waals surface area contributed by atoms with Crippen LogP contribution in [0.1, 0.15) is 24.0 Å². The average molecular weight is 276 g/mol. The van der Waals surface area contributed by atoms with E-state index in [0.29, 0.717) is 6.54 Å². The molecule has 1 aromatic carbocycles. The van der Waals surface area contributed by atoms with E-state index in [1.54, 1.807) is 7.05 Å². The number of nitrogens with one attached hydrogen (secondary N) is 1. The number of ether oxygens (including phenoxy) is 1. The number of likely N-dealkylation sites (N-methyl/N-ethyl adjacent to an activating group) is 1. The standard InChI is InChI=1S/C16H24N2O2/c1-12-5-4-6-13(2)16(12)20-14-7-9-18(10-8-14)11-15(19)17-3/h4-6,14H,7-11H2,1-3H3,(H,17,19). The van der Waals surface area contributed by atoms with Gasteiger partial charge in [0.1, 0.15) is 11.9 Å². The number of likely N-dealkylation sites (tertiary alicyclic amines) is 1. The summed E-state index contributed by atoms with van der Waals surface area (Å²) in [7, 11) is 1.68. The van der Waals surface area contributed by atoms with Gasteiger partial charge in [0.05, 0.1) is 6.54 Å². The summed E-state index contributed by atoms with van der Waals surface area (Å²) in [6.07, 6.45) is 2.21. The van der Waals surface area contributed by atoms with Crippen LogP contribution in [-0.2, 0) is 4.79 Å². The highest BCUT2D eigenvalue weighted by atomic mass is 16.5. The van der Waals surface area contributed by atoms with Crippen LogP contribution in [0, 0.1) is 13.8 Å². The Morgan fingerprint density at radius 1 is 1.30 bits per heavy atom. The topological polar surface area (TPSA) is 41.6 Å². The van der Waals surface area contributed by atoms with Crippen LogP contribution in [0.4, 0.5) is 0 Å². The van der Waals surface area contributed by atoms with Crippen molar-refractivity contribution in [1.29, 1.82) is 0 Å². The molecular formula is C16H24N2O2. The number of amides is 1. The van der Waals surface area contributed by atoms with Crippen LogP contribution in [0.15, 0.2) is 18.2 Å². The minimum atomic E-state index is 0.0825. The van der Waals surface area contributed by atoms with Crippen LogP contribution in [-0.4, -0.2) is 43.6 Å². The molecule has 0 spiro atoms. The van der Waals surface area contributed by atoms with Crippen molar-refractivity contribution < 1.29 is 9.53 Å². The zero-order chi connectivity index (χ0) is 14.5. The number of benzene rings is 1. The van der Waals surface area contributed by atoms with Gasteiger partial charge in [0.15, 0.2) is 0 Å². The first-order chi connectivity index (χ1) is 9.60. The third-order valence-corrected chi connectivity index (χ3v) is 3.87. The van der Waals surface area contributed by atoms with Crippen molar-refractivity contribution in [3.05, 3.63) is 29.3 Å². The van der Waals surface area contributed by atoms with E-state index in [2.05, 4.69) is 42.3 Å². The molecule has 1 amide bonds. The zero-order valence-electron chi connectivity index (χ0n) is 12.6. The van der Waals surface area contributed by atoms with Crippen LogP contribution in [0.5, 0.6) is 5.75 Å². The highest BCUT2D eigenvalue weighted by Crippen LogP contribution is 2.26. The SMILES string of the molecule is CNC(=O)CN1CCC(Oc2c(C)cccc2C)CC1. The van der Waals surface area contributed by atoms with Crippen LogP contribution < -0.4 is 10.1 Å². The Balaban J connectivity index is 1.87. The number of hydrogen-bond donors (Lipinski definition) is 1. The first-order valence-electron chi connectivity index (χ1n) is 7.26. The van der Waals surface area contributed by atoms with Crippen LogP contribution in [0.3, 0.4) is 0 Å². The minimum Gasteiger partial charge on any atom is -0.490 e. The molecule has 1 fully saturated rings. The molecular weight excluding hydrogens is 252 g/mol. The molecule has 4 heteroatoms. The summed E-state index contributed by atoms with van der Waals surface area (Å²) in [6.45, 7) is 6.50. The maximum absolute atomic E-state index is 11.4. The van der Waals surface area contributed by atoms with Gasteiger partial charge in [0.25, 0.3) is 0 Å². The van der Waals surface area contributed by atoms with E-state index >= 15 is 0 Å². The lowest BCUT2D eigenvalue weighted by molar-refractivity contribution is -0.122. The summed E-state index contributed by atoms with van der Waals surface area (Å²) in [5.74, 6) is 1.11. The number of aryl methyl sites for hydroxylation is 2. The molecule has 110 valence electrons. The maximum Gasteiger partial charge on any atom is 0.233 e. The predicted molar refractivity (Wildman–Crippen MR) is 80.1 cm³/mol. The lowest BCUT2D eigenvalue weighted by Crippen LogP contribution is -2.43. The van der Waals surface area contributed by atoms with Crippen molar-refractivity contribution in [2.24, 2.45) is 0 Å². The van der Waals surface area contributed by atoms with Crippen molar-refractivity contribution >= 4 is 5.91 Å². The van der Waals surface area contributed by atoms with E-state index in [1.165, 1.54) is 11.1 Å². The lowest BCUT2D eigenvalue weighted by atomic mass is 10.1. The molecule has 0 atom stereocenters. The second kappa shape index (κ2) is 6.75. The molecule has 0 aromatic heterocycles. The van der Waals surface area contributed by atoms with Gasteiger partial charge in [-0.05, 0) is 37.8 Å². The first-order valence-corrected chi connectivity index (χ1v) is 7.26. The van der Waals surface area contributed by atoms with Crippen molar-refractivity contribution in [2.45, 2.75) is 32.8 Å². The van der Waals surface area contributed by atoms with Gasteiger partial charge in [-0.15, -0.1) is 0 Å². The van der Waals surface area contributed by atoms with Crippen molar-refractivity contribution in [1.82, 2.24) is 10.2 Å². The predicted octanol–water partition coefficient (Wildman–Crippen LogP) is 1.89. The Hall–Kier alpha value is -1.55. The molecule has 20 heavy (non-hydrogen) atoms. The van der Waals surface area contributed by atoms with E-state index in [9.17, 15) is 4.79 Å². The fourth-order valence-corrected chi connectivity index (χ4v) is 2.62. The molecule has 0 aliphatic carbocycles. The van der Waals surface area contributed by atoms with Gasteiger partial charge in [0.2, 0.25) is 5.91 Å². The number of hydrogen-bond acceptors (Lipinski definition) is 3.